The monoisotopic (exact) mass is 174 g/mol. The third-order valence-corrected chi connectivity index (χ3v) is 2.16. The van der Waals surface area contributed by atoms with Crippen LogP contribution in [-0.4, -0.2) is 36.5 Å². The lowest BCUT2D eigenvalue weighted by molar-refractivity contribution is 0.219. The summed E-state index contributed by atoms with van der Waals surface area (Å²) in [5.41, 5.74) is 0. The Morgan fingerprint density at radius 1 is 1.36 bits per heavy atom. The average molecular weight is 174 g/mol. The molecule has 2 amide bonds. The molecule has 4 heteroatoms. The van der Waals surface area contributed by atoms with E-state index >= 15 is 0 Å². The predicted octanol–water partition coefficient (Wildman–Crippen LogP) is 1.26. The third kappa shape index (κ3) is 2.61. The maximum Gasteiger partial charge on any atom is 0.349 e. The Morgan fingerprint density at radius 2 is 1.91 bits per heavy atom. The van der Waals surface area contributed by atoms with Crippen molar-refractivity contribution in [2.45, 2.75) is 12.8 Å². The SMILES string of the molecule is CS(C)=NC(=O)N1CCCC1. The van der Waals surface area contributed by atoms with Gasteiger partial charge in [0.25, 0.3) is 0 Å². The Morgan fingerprint density at radius 3 is 2.36 bits per heavy atom. The molecule has 1 rings (SSSR count). The summed E-state index contributed by atoms with van der Waals surface area (Å²) in [6.45, 7) is 1.80. The second kappa shape index (κ2) is 3.85. The highest BCUT2D eigenvalue weighted by Gasteiger charge is 2.16. The second-order valence-electron chi connectivity index (χ2n) is 2.84. The summed E-state index contributed by atoms with van der Waals surface area (Å²) in [4.78, 5) is 13.0. The van der Waals surface area contributed by atoms with Gasteiger partial charge in [-0.25, -0.2) is 4.79 Å². The van der Waals surface area contributed by atoms with Gasteiger partial charge in [0.05, 0.1) is 0 Å². The minimum absolute atomic E-state index is 0.0177. The number of carbonyl (C=O) groups excluding carboxylic acids is 1. The number of nitrogens with zero attached hydrogens (tertiary/aromatic N) is 2. The Labute approximate surface area is 69.9 Å². The maximum atomic E-state index is 11.2. The minimum Gasteiger partial charge on any atom is -0.322 e. The van der Waals surface area contributed by atoms with E-state index in [2.05, 4.69) is 4.36 Å². The van der Waals surface area contributed by atoms with Crippen molar-refractivity contribution in [2.24, 2.45) is 4.36 Å². The standard InChI is InChI=1S/C7H14N2OS/c1-11(2)8-7(10)9-5-3-4-6-9/h3-6H2,1-2H3. The van der Waals surface area contributed by atoms with Crippen LogP contribution in [0.1, 0.15) is 12.8 Å². The van der Waals surface area contributed by atoms with Crippen LogP contribution in [0.5, 0.6) is 0 Å². The zero-order valence-electron chi connectivity index (χ0n) is 7.04. The van der Waals surface area contributed by atoms with E-state index in [-0.39, 0.29) is 16.7 Å². The molecule has 0 aromatic rings. The molecule has 0 aromatic heterocycles. The third-order valence-electron chi connectivity index (χ3n) is 1.64. The zero-order chi connectivity index (χ0) is 8.27. The molecule has 64 valence electrons. The van der Waals surface area contributed by atoms with Gasteiger partial charge < -0.3 is 4.90 Å². The summed E-state index contributed by atoms with van der Waals surface area (Å²) < 4.78 is 3.97. The van der Waals surface area contributed by atoms with Gasteiger partial charge in [-0.15, -0.1) is 0 Å². The van der Waals surface area contributed by atoms with E-state index < -0.39 is 0 Å². The van der Waals surface area contributed by atoms with Crippen molar-refractivity contribution in [2.75, 3.05) is 25.6 Å². The van der Waals surface area contributed by atoms with E-state index in [0.717, 1.165) is 25.9 Å². The van der Waals surface area contributed by atoms with Crippen LogP contribution in [0.4, 0.5) is 4.79 Å². The van der Waals surface area contributed by atoms with E-state index in [1.165, 1.54) is 0 Å². The molecule has 0 spiro atoms. The summed E-state index contributed by atoms with van der Waals surface area (Å²) in [7, 11) is -0.108. The molecular formula is C7H14N2OS. The first-order chi connectivity index (χ1) is 5.20. The lowest BCUT2D eigenvalue weighted by Crippen LogP contribution is -2.24. The van der Waals surface area contributed by atoms with Crippen molar-refractivity contribution in [1.29, 1.82) is 0 Å². The number of hydrogen-bond acceptors (Lipinski definition) is 1. The first-order valence-electron chi connectivity index (χ1n) is 3.78. The molecule has 0 atom stereocenters. The number of rotatable bonds is 0. The highest BCUT2D eigenvalue weighted by Crippen LogP contribution is 2.08. The van der Waals surface area contributed by atoms with Gasteiger partial charge in [0.2, 0.25) is 0 Å². The zero-order valence-corrected chi connectivity index (χ0v) is 7.86. The normalized spacial score (nSPS) is 17.5. The Hall–Kier alpha value is -0.380. The number of amides is 2. The summed E-state index contributed by atoms with van der Waals surface area (Å²) in [5.74, 6) is 0. The van der Waals surface area contributed by atoms with E-state index in [0.29, 0.717) is 0 Å². The van der Waals surface area contributed by atoms with Crippen LogP contribution in [0.15, 0.2) is 4.36 Å². The molecule has 0 unspecified atom stereocenters. The smallest absolute Gasteiger partial charge is 0.322 e. The van der Waals surface area contributed by atoms with Crippen LogP contribution >= 0.6 is 0 Å². The molecule has 0 aromatic carbocycles. The Kier molecular flexibility index (Phi) is 3.05. The van der Waals surface area contributed by atoms with E-state index in [1.807, 2.05) is 17.4 Å². The Bertz CT molecular complexity index is 181. The van der Waals surface area contributed by atoms with Crippen LogP contribution in [0.2, 0.25) is 0 Å². The first kappa shape index (κ1) is 8.71. The van der Waals surface area contributed by atoms with Crippen LogP contribution < -0.4 is 0 Å². The molecule has 0 bridgehead atoms. The quantitative estimate of drug-likeness (QED) is 0.544. The lowest BCUT2D eigenvalue weighted by Gasteiger charge is -2.10. The molecule has 3 nitrogen and oxygen atoms in total. The van der Waals surface area contributed by atoms with Crippen molar-refractivity contribution in [3.63, 3.8) is 0 Å². The first-order valence-corrected chi connectivity index (χ1v) is 5.78. The minimum atomic E-state index is -0.108. The van der Waals surface area contributed by atoms with Crippen molar-refractivity contribution in [1.82, 2.24) is 4.90 Å². The number of likely N-dealkylation sites (tertiary alicyclic amines) is 1. The fraction of sp³-hybridized carbons (Fsp3) is 0.857. The van der Waals surface area contributed by atoms with Crippen molar-refractivity contribution < 1.29 is 4.79 Å². The van der Waals surface area contributed by atoms with Gasteiger partial charge in [-0.2, -0.15) is 4.36 Å². The van der Waals surface area contributed by atoms with Gasteiger partial charge >= 0.3 is 6.03 Å². The Balaban J connectivity index is 2.47. The molecule has 0 radical (unpaired) electrons. The highest BCUT2D eigenvalue weighted by atomic mass is 32.2. The second-order valence-corrected chi connectivity index (χ2v) is 4.57. The fourth-order valence-corrected chi connectivity index (χ4v) is 1.55. The van der Waals surface area contributed by atoms with Crippen molar-refractivity contribution in [3.8, 4) is 0 Å². The van der Waals surface area contributed by atoms with Gasteiger partial charge in [0.1, 0.15) is 0 Å². The summed E-state index contributed by atoms with van der Waals surface area (Å²) in [5, 5.41) is 0. The van der Waals surface area contributed by atoms with Crippen molar-refractivity contribution in [3.05, 3.63) is 0 Å². The largest absolute Gasteiger partial charge is 0.349 e. The van der Waals surface area contributed by atoms with Gasteiger partial charge in [-0.1, -0.05) is 10.7 Å². The van der Waals surface area contributed by atoms with Crippen molar-refractivity contribution >= 4 is 16.7 Å². The summed E-state index contributed by atoms with van der Waals surface area (Å²) >= 11 is 0. The van der Waals surface area contributed by atoms with Gasteiger partial charge in [-0.05, 0) is 25.4 Å². The van der Waals surface area contributed by atoms with Crippen LogP contribution in [0, 0.1) is 0 Å². The number of urea groups is 1. The van der Waals surface area contributed by atoms with Crippen LogP contribution in [-0.2, 0) is 10.7 Å². The average Bonchev–Trinajstić information content (AvgIpc) is 2.35. The van der Waals surface area contributed by atoms with Gasteiger partial charge in [0.15, 0.2) is 0 Å². The van der Waals surface area contributed by atoms with E-state index in [9.17, 15) is 4.79 Å². The van der Waals surface area contributed by atoms with Crippen LogP contribution in [0.25, 0.3) is 0 Å². The molecule has 0 aliphatic carbocycles. The summed E-state index contributed by atoms with van der Waals surface area (Å²) in [6.07, 6.45) is 6.19. The highest BCUT2D eigenvalue weighted by molar-refractivity contribution is 7.86. The lowest BCUT2D eigenvalue weighted by atomic mass is 10.4. The van der Waals surface area contributed by atoms with E-state index in [4.69, 9.17) is 0 Å². The molecule has 1 aliphatic rings. The summed E-state index contributed by atoms with van der Waals surface area (Å²) in [6, 6.07) is -0.0177. The number of carbonyl (C=O) groups is 1. The topological polar surface area (TPSA) is 32.7 Å². The molecular weight excluding hydrogens is 160 g/mol. The molecule has 1 fully saturated rings. The molecule has 11 heavy (non-hydrogen) atoms. The van der Waals surface area contributed by atoms with Gasteiger partial charge in [0, 0.05) is 13.1 Å². The molecule has 0 N–H and O–H groups in total. The predicted molar refractivity (Wildman–Crippen MR) is 47.8 cm³/mol. The van der Waals surface area contributed by atoms with E-state index in [1.54, 1.807) is 0 Å². The molecule has 0 saturated carbocycles. The molecule has 1 aliphatic heterocycles. The maximum absolute atomic E-state index is 11.2. The fourth-order valence-electron chi connectivity index (χ4n) is 1.12. The van der Waals surface area contributed by atoms with Gasteiger partial charge in [-0.3, -0.25) is 0 Å². The molecule has 1 heterocycles. The number of hydrogen-bond donors (Lipinski definition) is 0. The van der Waals surface area contributed by atoms with Crippen LogP contribution in [0.3, 0.4) is 0 Å². The molecule has 1 saturated heterocycles.